The van der Waals surface area contributed by atoms with Gasteiger partial charge in [0.05, 0.1) is 5.25 Å². The SMILES string of the molecule is Cc1cc(C)c(NC(=O)[C@H](C)Sc2cc(F)ccc2F)c(C)c1. The monoisotopic (exact) mass is 335 g/mol. The fourth-order valence-electron chi connectivity index (χ4n) is 2.41. The molecule has 0 saturated heterocycles. The van der Waals surface area contributed by atoms with Crippen molar-refractivity contribution in [3.63, 3.8) is 0 Å². The summed E-state index contributed by atoms with van der Waals surface area (Å²) in [5, 5.41) is 2.33. The number of hydrogen-bond donors (Lipinski definition) is 1. The molecule has 0 aliphatic heterocycles. The Hall–Kier alpha value is -1.88. The molecule has 0 aromatic heterocycles. The number of anilines is 1. The normalized spacial score (nSPS) is 12.1. The van der Waals surface area contributed by atoms with E-state index in [0.29, 0.717) is 0 Å². The molecule has 2 aromatic rings. The third kappa shape index (κ3) is 4.32. The first kappa shape index (κ1) is 17.5. The number of nitrogens with one attached hydrogen (secondary N) is 1. The highest BCUT2D eigenvalue weighted by atomic mass is 32.2. The number of carbonyl (C=O) groups excluding carboxylic acids is 1. The first-order valence-electron chi connectivity index (χ1n) is 7.28. The van der Waals surface area contributed by atoms with Crippen molar-refractivity contribution in [3.8, 4) is 0 Å². The predicted octanol–water partition coefficient (Wildman–Crippen LogP) is 5.01. The lowest BCUT2D eigenvalue weighted by Crippen LogP contribution is -2.23. The van der Waals surface area contributed by atoms with Crippen molar-refractivity contribution < 1.29 is 13.6 Å². The highest BCUT2D eigenvalue weighted by Crippen LogP contribution is 2.29. The van der Waals surface area contributed by atoms with Gasteiger partial charge in [-0.15, -0.1) is 11.8 Å². The second-order valence-corrected chi connectivity index (χ2v) is 6.98. The van der Waals surface area contributed by atoms with E-state index in [2.05, 4.69) is 5.32 Å². The van der Waals surface area contributed by atoms with Gasteiger partial charge in [0.15, 0.2) is 0 Å². The maximum absolute atomic E-state index is 13.7. The fourth-order valence-corrected chi connectivity index (χ4v) is 3.32. The zero-order valence-corrected chi connectivity index (χ0v) is 14.4. The van der Waals surface area contributed by atoms with Crippen molar-refractivity contribution in [1.29, 1.82) is 0 Å². The van der Waals surface area contributed by atoms with Crippen LogP contribution in [0.5, 0.6) is 0 Å². The zero-order valence-electron chi connectivity index (χ0n) is 13.5. The van der Waals surface area contributed by atoms with Crippen molar-refractivity contribution in [2.24, 2.45) is 0 Å². The van der Waals surface area contributed by atoms with Gasteiger partial charge in [-0.05, 0) is 57.0 Å². The molecule has 0 unspecified atom stereocenters. The molecular weight excluding hydrogens is 316 g/mol. The number of halogens is 2. The van der Waals surface area contributed by atoms with E-state index in [9.17, 15) is 13.6 Å². The minimum absolute atomic E-state index is 0.130. The van der Waals surface area contributed by atoms with E-state index in [0.717, 1.165) is 52.3 Å². The minimum atomic E-state index is -0.550. The van der Waals surface area contributed by atoms with Crippen molar-refractivity contribution in [1.82, 2.24) is 0 Å². The predicted molar refractivity (Wildman–Crippen MR) is 91.0 cm³/mol. The van der Waals surface area contributed by atoms with Crippen LogP contribution in [0.3, 0.4) is 0 Å². The van der Waals surface area contributed by atoms with E-state index in [1.165, 1.54) is 0 Å². The molecule has 5 heteroatoms. The second kappa shape index (κ2) is 7.13. The second-order valence-electron chi connectivity index (χ2n) is 5.60. The average molecular weight is 335 g/mol. The minimum Gasteiger partial charge on any atom is -0.325 e. The molecule has 0 spiro atoms. The van der Waals surface area contributed by atoms with Crippen molar-refractivity contribution in [2.75, 3.05) is 5.32 Å². The molecule has 2 nitrogen and oxygen atoms in total. The molecule has 0 aliphatic carbocycles. The first-order valence-corrected chi connectivity index (χ1v) is 8.16. The third-order valence-corrected chi connectivity index (χ3v) is 4.63. The summed E-state index contributed by atoms with van der Waals surface area (Å²) in [5.74, 6) is -1.29. The summed E-state index contributed by atoms with van der Waals surface area (Å²) in [6, 6.07) is 7.21. The van der Waals surface area contributed by atoms with Crippen LogP contribution in [0.2, 0.25) is 0 Å². The number of amides is 1. The van der Waals surface area contributed by atoms with Gasteiger partial charge in [0, 0.05) is 10.6 Å². The van der Waals surface area contributed by atoms with Gasteiger partial charge in [0.1, 0.15) is 11.6 Å². The summed E-state index contributed by atoms with van der Waals surface area (Å²) in [4.78, 5) is 12.5. The van der Waals surface area contributed by atoms with Crippen molar-refractivity contribution in [3.05, 3.63) is 58.7 Å². The highest BCUT2D eigenvalue weighted by Gasteiger charge is 2.18. The van der Waals surface area contributed by atoms with Crippen LogP contribution in [0.4, 0.5) is 14.5 Å². The Bertz CT molecular complexity index is 723. The zero-order chi connectivity index (χ0) is 17.1. The number of aryl methyl sites for hydroxylation is 3. The topological polar surface area (TPSA) is 29.1 Å². The molecule has 2 aromatic carbocycles. The van der Waals surface area contributed by atoms with Crippen LogP contribution >= 0.6 is 11.8 Å². The van der Waals surface area contributed by atoms with Gasteiger partial charge in [-0.1, -0.05) is 17.7 Å². The molecule has 23 heavy (non-hydrogen) atoms. The van der Waals surface area contributed by atoms with Gasteiger partial charge < -0.3 is 5.32 Å². The summed E-state index contributed by atoms with van der Waals surface area (Å²) < 4.78 is 26.9. The standard InChI is InChI=1S/C18H19F2NOS/c1-10-7-11(2)17(12(3)8-10)21-18(22)13(4)23-16-9-14(19)5-6-15(16)20/h5-9,13H,1-4H3,(H,21,22)/t13-/m0/s1. The van der Waals surface area contributed by atoms with Crippen molar-refractivity contribution in [2.45, 2.75) is 37.8 Å². The van der Waals surface area contributed by atoms with E-state index in [1.807, 2.05) is 32.9 Å². The Balaban J connectivity index is 2.13. The molecule has 0 aliphatic rings. The van der Waals surface area contributed by atoms with Gasteiger partial charge in [0.2, 0.25) is 5.91 Å². The molecule has 1 amide bonds. The summed E-state index contributed by atoms with van der Waals surface area (Å²) in [5.41, 5.74) is 3.85. The molecule has 0 fully saturated rings. The van der Waals surface area contributed by atoms with Gasteiger partial charge in [-0.25, -0.2) is 8.78 Å². The van der Waals surface area contributed by atoms with Gasteiger partial charge in [0.25, 0.3) is 0 Å². The van der Waals surface area contributed by atoms with Crippen LogP contribution in [0.15, 0.2) is 35.2 Å². The van der Waals surface area contributed by atoms with Gasteiger partial charge in [-0.2, -0.15) is 0 Å². The first-order chi connectivity index (χ1) is 10.8. The van der Waals surface area contributed by atoms with Crippen LogP contribution in [0.25, 0.3) is 0 Å². The Labute approximate surface area is 139 Å². The summed E-state index contributed by atoms with van der Waals surface area (Å²) >= 11 is 1.000. The number of carbonyl (C=O) groups is 1. The number of benzene rings is 2. The van der Waals surface area contributed by atoms with Crippen LogP contribution < -0.4 is 5.32 Å². The lowest BCUT2D eigenvalue weighted by molar-refractivity contribution is -0.115. The summed E-state index contributed by atoms with van der Waals surface area (Å²) in [6.45, 7) is 7.53. The Morgan fingerprint density at radius 1 is 1.09 bits per heavy atom. The molecule has 2 rings (SSSR count). The molecule has 1 N–H and O–H groups in total. The molecule has 0 saturated carbocycles. The lowest BCUT2D eigenvalue weighted by Gasteiger charge is -2.16. The van der Waals surface area contributed by atoms with Crippen LogP contribution in [0.1, 0.15) is 23.6 Å². The van der Waals surface area contributed by atoms with E-state index in [-0.39, 0.29) is 10.8 Å². The Morgan fingerprint density at radius 2 is 1.70 bits per heavy atom. The molecular formula is C18H19F2NOS. The average Bonchev–Trinajstić information content (AvgIpc) is 2.46. The highest BCUT2D eigenvalue weighted by molar-refractivity contribution is 8.00. The van der Waals surface area contributed by atoms with Crippen molar-refractivity contribution >= 4 is 23.4 Å². The molecule has 1 atom stereocenters. The van der Waals surface area contributed by atoms with Gasteiger partial charge in [-0.3, -0.25) is 4.79 Å². The quantitative estimate of drug-likeness (QED) is 0.796. The lowest BCUT2D eigenvalue weighted by atomic mass is 10.1. The maximum Gasteiger partial charge on any atom is 0.237 e. The Kier molecular flexibility index (Phi) is 5.42. The van der Waals surface area contributed by atoms with E-state index in [1.54, 1.807) is 6.92 Å². The van der Waals surface area contributed by atoms with Crippen LogP contribution in [0, 0.1) is 32.4 Å². The van der Waals surface area contributed by atoms with Crippen LogP contribution in [-0.4, -0.2) is 11.2 Å². The fraction of sp³-hybridized carbons (Fsp3) is 0.278. The molecule has 0 heterocycles. The third-order valence-electron chi connectivity index (χ3n) is 3.49. The van der Waals surface area contributed by atoms with Gasteiger partial charge >= 0.3 is 0 Å². The largest absolute Gasteiger partial charge is 0.325 e. The molecule has 122 valence electrons. The molecule has 0 radical (unpaired) electrons. The summed E-state index contributed by atoms with van der Waals surface area (Å²) in [6.07, 6.45) is 0. The number of thioether (sulfide) groups is 1. The smallest absolute Gasteiger partial charge is 0.237 e. The number of hydrogen-bond acceptors (Lipinski definition) is 2. The van der Waals surface area contributed by atoms with E-state index < -0.39 is 16.9 Å². The van der Waals surface area contributed by atoms with Crippen LogP contribution in [-0.2, 0) is 4.79 Å². The maximum atomic E-state index is 13.7. The summed E-state index contributed by atoms with van der Waals surface area (Å²) in [7, 11) is 0. The Morgan fingerprint density at radius 3 is 2.30 bits per heavy atom. The number of rotatable bonds is 4. The molecule has 0 bridgehead atoms. The van der Waals surface area contributed by atoms with E-state index >= 15 is 0 Å². The van der Waals surface area contributed by atoms with E-state index in [4.69, 9.17) is 0 Å².